The van der Waals surface area contributed by atoms with E-state index in [9.17, 15) is 13.6 Å². The summed E-state index contributed by atoms with van der Waals surface area (Å²) in [6.45, 7) is 0. The molecule has 0 amide bonds. The van der Waals surface area contributed by atoms with Crippen molar-refractivity contribution in [2.24, 2.45) is 0 Å². The average Bonchev–Trinajstić information content (AvgIpc) is 2.16. The normalized spacial score (nSPS) is 10.7. The number of carboxylic acids is 1. The molecular weight excluding hydrogens is 340 g/mol. The molecule has 0 spiro atoms. The van der Waals surface area contributed by atoms with Crippen LogP contribution in [0.15, 0.2) is 10.7 Å². The minimum Gasteiger partial charge on any atom is -0.478 e. The minimum atomic E-state index is -2.74. The highest BCUT2D eigenvalue weighted by molar-refractivity contribution is 9.10. The van der Waals surface area contributed by atoms with Gasteiger partial charge >= 0.3 is 5.97 Å². The molecule has 0 aliphatic carbocycles. The van der Waals surface area contributed by atoms with Crippen LogP contribution in [0, 0.1) is 0 Å². The lowest BCUT2D eigenvalue weighted by atomic mass is 10.1. The predicted molar refractivity (Wildman–Crippen MR) is 56.5 cm³/mol. The summed E-state index contributed by atoms with van der Waals surface area (Å²) in [6.07, 6.45) is -1.80. The summed E-state index contributed by atoms with van der Waals surface area (Å²) in [4.78, 5) is 14.2. The zero-order chi connectivity index (χ0) is 11.6. The van der Waals surface area contributed by atoms with E-state index < -0.39 is 18.1 Å². The molecule has 1 aromatic rings. The second kappa shape index (κ2) is 4.98. The Morgan fingerprint density at radius 1 is 1.60 bits per heavy atom. The predicted octanol–water partition coefficient (Wildman–Crippen LogP) is 3.37. The summed E-state index contributed by atoms with van der Waals surface area (Å²) in [5.41, 5.74) is -0.287. The monoisotopic (exact) mass is 343 g/mol. The summed E-state index contributed by atoms with van der Waals surface area (Å²) in [5.74, 6) is -1.20. The molecule has 3 nitrogen and oxygen atoms in total. The third-order valence-electron chi connectivity index (χ3n) is 1.72. The van der Waals surface area contributed by atoms with Gasteiger partial charge in [-0.2, -0.15) is 0 Å². The van der Waals surface area contributed by atoms with Crippen LogP contribution in [0.25, 0.3) is 0 Å². The first kappa shape index (κ1) is 12.5. The first-order valence-corrected chi connectivity index (χ1v) is 5.65. The third-order valence-corrected chi connectivity index (χ3v) is 3.16. The van der Waals surface area contributed by atoms with Crippen molar-refractivity contribution in [3.05, 3.63) is 27.5 Å². The fourth-order valence-electron chi connectivity index (χ4n) is 1.01. The quantitative estimate of drug-likeness (QED) is 0.855. The van der Waals surface area contributed by atoms with Crippen LogP contribution in [-0.2, 0) is 5.33 Å². The van der Waals surface area contributed by atoms with Crippen LogP contribution in [-0.4, -0.2) is 16.1 Å². The molecule has 0 unspecified atom stereocenters. The largest absolute Gasteiger partial charge is 0.478 e. The van der Waals surface area contributed by atoms with Gasteiger partial charge < -0.3 is 5.11 Å². The molecule has 0 saturated carbocycles. The van der Waals surface area contributed by atoms with Gasteiger partial charge in [0, 0.05) is 16.0 Å². The number of carbonyl (C=O) groups is 1. The minimum absolute atomic E-state index is 0.0364. The molecule has 82 valence electrons. The molecule has 0 aromatic carbocycles. The molecule has 1 heterocycles. The number of aromatic nitrogens is 1. The number of halogens is 4. The lowest BCUT2D eigenvalue weighted by Gasteiger charge is -2.09. The van der Waals surface area contributed by atoms with E-state index in [-0.39, 0.29) is 20.9 Å². The van der Waals surface area contributed by atoms with Gasteiger partial charge in [0.25, 0.3) is 6.43 Å². The molecule has 0 aliphatic heterocycles. The van der Waals surface area contributed by atoms with Crippen molar-refractivity contribution >= 4 is 37.8 Å². The van der Waals surface area contributed by atoms with Gasteiger partial charge in [0.2, 0.25) is 0 Å². The fraction of sp³-hybridized carbons (Fsp3) is 0.250. The van der Waals surface area contributed by atoms with Crippen LogP contribution < -0.4 is 0 Å². The van der Waals surface area contributed by atoms with Crippen LogP contribution in [0.3, 0.4) is 0 Å². The maximum absolute atomic E-state index is 12.4. The summed E-state index contributed by atoms with van der Waals surface area (Å²) in [6, 6.07) is 0. The lowest BCUT2D eigenvalue weighted by Crippen LogP contribution is -2.06. The zero-order valence-corrected chi connectivity index (χ0v) is 10.3. The van der Waals surface area contributed by atoms with E-state index in [4.69, 9.17) is 5.11 Å². The molecule has 0 saturated heterocycles. The SMILES string of the molecule is O=C(O)c1cnc(C(F)F)c(Br)c1CBr. The van der Waals surface area contributed by atoms with Crippen molar-refractivity contribution in [1.82, 2.24) is 4.98 Å². The summed E-state index contributed by atoms with van der Waals surface area (Å²) in [7, 11) is 0. The van der Waals surface area contributed by atoms with Gasteiger partial charge in [0.1, 0.15) is 5.69 Å². The van der Waals surface area contributed by atoms with E-state index in [1.807, 2.05) is 0 Å². The first-order chi connectivity index (χ1) is 6.99. The number of carboxylic acid groups (broad SMARTS) is 1. The van der Waals surface area contributed by atoms with E-state index in [0.29, 0.717) is 0 Å². The van der Waals surface area contributed by atoms with Crippen molar-refractivity contribution in [3.8, 4) is 0 Å². The summed E-state index contributed by atoms with van der Waals surface area (Å²) < 4.78 is 24.9. The van der Waals surface area contributed by atoms with Crippen LogP contribution >= 0.6 is 31.9 Å². The second-order valence-electron chi connectivity index (χ2n) is 2.59. The van der Waals surface area contributed by atoms with Crippen LogP contribution in [0.1, 0.15) is 28.0 Å². The zero-order valence-electron chi connectivity index (χ0n) is 7.18. The molecule has 1 rings (SSSR count). The Labute approximate surface area is 101 Å². The third kappa shape index (κ3) is 2.52. The van der Waals surface area contributed by atoms with E-state index in [0.717, 1.165) is 6.20 Å². The Bertz CT molecular complexity index is 398. The Hall–Kier alpha value is -0.560. The average molecular weight is 345 g/mol. The second-order valence-corrected chi connectivity index (χ2v) is 3.94. The standard InChI is InChI=1S/C8H5Br2F2NO2/c9-1-3-4(8(14)15)2-13-6(5(3)10)7(11)12/h2,7H,1H2,(H,14,15). The number of rotatable bonds is 3. The molecule has 1 aromatic heterocycles. The maximum atomic E-state index is 12.4. The Balaban J connectivity index is 3.39. The van der Waals surface area contributed by atoms with Gasteiger partial charge in [-0.3, -0.25) is 4.98 Å². The molecular formula is C8H5Br2F2NO2. The molecule has 0 bridgehead atoms. The Kier molecular flexibility index (Phi) is 4.15. The topological polar surface area (TPSA) is 50.2 Å². The van der Waals surface area contributed by atoms with Gasteiger partial charge in [-0.25, -0.2) is 13.6 Å². The molecule has 7 heteroatoms. The van der Waals surface area contributed by atoms with Crippen LogP contribution in [0.4, 0.5) is 8.78 Å². The van der Waals surface area contributed by atoms with Gasteiger partial charge in [-0.05, 0) is 21.5 Å². The fourth-order valence-corrected chi connectivity index (χ4v) is 2.60. The summed E-state index contributed by atoms with van der Waals surface area (Å²) >= 11 is 5.97. The molecule has 1 N–H and O–H groups in total. The van der Waals surface area contributed by atoms with Gasteiger partial charge in [0.05, 0.1) is 5.56 Å². The van der Waals surface area contributed by atoms with E-state index in [1.165, 1.54) is 0 Å². The van der Waals surface area contributed by atoms with Gasteiger partial charge in [-0.1, -0.05) is 15.9 Å². The van der Waals surface area contributed by atoms with Crippen LogP contribution in [0.5, 0.6) is 0 Å². The van der Waals surface area contributed by atoms with Crippen molar-refractivity contribution in [1.29, 1.82) is 0 Å². The molecule has 15 heavy (non-hydrogen) atoms. The highest BCUT2D eigenvalue weighted by Crippen LogP contribution is 2.31. The van der Waals surface area contributed by atoms with Crippen molar-refractivity contribution < 1.29 is 18.7 Å². The Morgan fingerprint density at radius 3 is 2.60 bits per heavy atom. The van der Waals surface area contributed by atoms with E-state index >= 15 is 0 Å². The number of aromatic carboxylic acids is 1. The number of alkyl halides is 3. The molecule has 0 atom stereocenters. The maximum Gasteiger partial charge on any atom is 0.337 e. The number of nitrogens with zero attached hydrogens (tertiary/aromatic N) is 1. The molecule has 0 radical (unpaired) electrons. The van der Waals surface area contributed by atoms with E-state index in [2.05, 4.69) is 36.8 Å². The molecule has 0 aliphatic rings. The highest BCUT2D eigenvalue weighted by Gasteiger charge is 2.21. The van der Waals surface area contributed by atoms with Crippen molar-refractivity contribution in [3.63, 3.8) is 0 Å². The Morgan fingerprint density at radius 2 is 2.20 bits per heavy atom. The van der Waals surface area contributed by atoms with E-state index in [1.54, 1.807) is 0 Å². The highest BCUT2D eigenvalue weighted by atomic mass is 79.9. The lowest BCUT2D eigenvalue weighted by molar-refractivity contribution is 0.0694. The van der Waals surface area contributed by atoms with Crippen molar-refractivity contribution in [2.45, 2.75) is 11.8 Å². The number of hydrogen-bond donors (Lipinski definition) is 1. The number of hydrogen-bond acceptors (Lipinski definition) is 2. The molecule has 0 fully saturated rings. The van der Waals surface area contributed by atoms with Crippen LogP contribution in [0.2, 0.25) is 0 Å². The smallest absolute Gasteiger partial charge is 0.337 e. The first-order valence-electron chi connectivity index (χ1n) is 3.73. The van der Waals surface area contributed by atoms with Gasteiger partial charge in [-0.15, -0.1) is 0 Å². The summed E-state index contributed by atoms with van der Waals surface area (Å²) in [5, 5.41) is 8.95. The van der Waals surface area contributed by atoms with Gasteiger partial charge in [0.15, 0.2) is 0 Å². The van der Waals surface area contributed by atoms with Crippen molar-refractivity contribution in [2.75, 3.05) is 0 Å². The number of pyridine rings is 1.